The van der Waals surface area contributed by atoms with E-state index in [1.54, 1.807) is 0 Å². The molecule has 0 N–H and O–H groups in total. The van der Waals surface area contributed by atoms with Crippen LogP contribution in [0.15, 0.2) is 97.1 Å². The molecule has 0 aromatic heterocycles. The van der Waals surface area contributed by atoms with Crippen molar-refractivity contribution < 1.29 is 37.9 Å². The fraction of sp³-hybridized carbons (Fsp3) is 0.586. The minimum absolute atomic E-state index is 0.161. The van der Waals surface area contributed by atoms with Crippen LogP contribution in [0.5, 0.6) is 0 Å². The third kappa shape index (κ3) is 17.6. The maximum atomic E-state index is 6.03. The van der Waals surface area contributed by atoms with Gasteiger partial charge in [0.15, 0.2) is 25.2 Å². The molecular formula is C58H84O8. The van der Waals surface area contributed by atoms with Crippen molar-refractivity contribution in [3.05, 3.63) is 142 Å². The van der Waals surface area contributed by atoms with Crippen molar-refractivity contribution in [1.82, 2.24) is 0 Å². The number of unbranched alkanes of at least 4 members (excludes halogenated alkanes) is 1. The van der Waals surface area contributed by atoms with Gasteiger partial charge in [-0.25, -0.2) is 0 Å². The van der Waals surface area contributed by atoms with E-state index in [2.05, 4.69) is 146 Å². The van der Waals surface area contributed by atoms with Gasteiger partial charge in [0.05, 0.1) is 50.8 Å². The molecule has 4 heterocycles. The average molecular weight is 909 g/mol. The van der Waals surface area contributed by atoms with Crippen molar-refractivity contribution in [3.63, 3.8) is 0 Å². The predicted molar refractivity (Wildman–Crippen MR) is 266 cm³/mol. The first-order valence-electron chi connectivity index (χ1n) is 25.7. The molecule has 4 aromatic carbocycles. The zero-order valence-electron chi connectivity index (χ0n) is 41.9. The summed E-state index contributed by atoms with van der Waals surface area (Å²) in [5.41, 5.74) is 9.99. The number of hydrogen-bond acceptors (Lipinski definition) is 8. The van der Waals surface area contributed by atoms with E-state index >= 15 is 0 Å². The van der Waals surface area contributed by atoms with Crippen LogP contribution in [0.1, 0.15) is 189 Å². The first kappa shape index (κ1) is 53.5. The first-order chi connectivity index (χ1) is 32.3. The Bertz CT molecular complexity index is 1860. The molecule has 8 unspecified atom stereocenters. The van der Waals surface area contributed by atoms with E-state index in [0.717, 1.165) is 114 Å². The molecule has 0 spiro atoms. The Morgan fingerprint density at radius 3 is 1.26 bits per heavy atom. The number of ether oxygens (including phenoxy) is 8. The van der Waals surface area contributed by atoms with Gasteiger partial charge < -0.3 is 37.9 Å². The summed E-state index contributed by atoms with van der Waals surface area (Å²) in [4.78, 5) is 0. The lowest BCUT2D eigenvalue weighted by Crippen LogP contribution is -2.26. The van der Waals surface area contributed by atoms with E-state index in [1.807, 2.05) is 6.07 Å². The van der Waals surface area contributed by atoms with Crippen molar-refractivity contribution in [2.24, 2.45) is 0 Å². The van der Waals surface area contributed by atoms with Gasteiger partial charge in [0.1, 0.15) is 0 Å². The Labute approximate surface area is 399 Å². The van der Waals surface area contributed by atoms with Crippen LogP contribution in [0.2, 0.25) is 0 Å². The Balaban J connectivity index is 0.000000165. The summed E-state index contributed by atoms with van der Waals surface area (Å²) in [6, 6.07) is 34.0. The number of rotatable bonds is 14. The maximum Gasteiger partial charge on any atom is 0.184 e. The Kier molecular flexibility index (Phi) is 24.4. The fourth-order valence-corrected chi connectivity index (χ4v) is 8.41. The molecule has 8 atom stereocenters. The number of benzene rings is 4. The highest BCUT2D eigenvalue weighted by molar-refractivity contribution is 5.29. The van der Waals surface area contributed by atoms with Crippen LogP contribution in [0.25, 0.3) is 0 Å². The normalized spacial score (nSPS) is 25.2. The van der Waals surface area contributed by atoms with Gasteiger partial charge in [0.2, 0.25) is 0 Å². The third-order valence-corrected chi connectivity index (χ3v) is 12.8. The first-order valence-corrected chi connectivity index (χ1v) is 25.7. The van der Waals surface area contributed by atoms with Crippen LogP contribution in [0.4, 0.5) is 0 Å². The summed E-state index contributed by atoms with van der Waals surface area (Å²) in [5, 5.41) is 0. The molecule has 8 rings (SSSR count). The highest BCUT2D eigenvalue weighted by atomic mass is 16.7. The third-order valence-electron chi connectivity index (χ3n) is 12.8. The monoisotopic (exact) mass is 909 g/mol. The molecule has 0 saturated carbocycles. The molecular weight excluding hydrogens is 825 g/mol. The van der Waals surface area contributed by atoms with Gasteiger partial charge in [-0.3, -0.25) is 0 Å². The largest absolute Gasteiger partial charge is 0.348 e. The second-order valence-electron chi connectivity index (χ2n) is 17.9. The van der Waals surface area contributed by atoms with Crippen LogP contribution in [0, 0.1) is 0 Å². The molecule has 4 aromatic rings. The highest BCUT2D eigenvalue weighted by Gasteiger charge is 2.26. The second kappa shape index (κ2) is 30.1. The molecule has 0 bridgehead atoms. The van der Waals surface area contributed by atoms with E-state index in [0.29, 0.717) is 24.4 Å². The average Bonchev–Trinajstić information content (AvgIpc) is 3.39. The Hall–Kier alpha value is -3.44. The van der Waals surface area contributed by atoms with Gasteiger partial charge in [-0.2, -0.15) is 0 Å². The summed E-state index contributed by atoms with van der Waals surface area (Å²) in [6.07, 6.45) is 16.0. The molecule has 364 valence electrons. The molecule has 0 radical (unpaired) electrons. The molecule has 0 amide bonds. The topological polar surface area (TPSA) is 73.8 Å². The molecule has 8 nitrogen and oxygen atoms in total. The SMILES string of the molecule is CCCC1CCOC(c2ccc(CC)cc2)O1.CCCCC1CCOC(c2ccc(CC)cc2)O1.CCc1ccc(C2OCCC(CC)O2)cc1.CCc1ccccc1C1OCCC(C)O1. The minimum atomic E-state index is -0.162. The van der Waals surface area contributed by atoms with Crippen LogP contribution >= 0.6 is 0 Å². The fourth-order valence-electron chi connectivity index (χ4n) is 8.41. The minimum Gasteiger partial charge on any atom is -0.348 e. The highest BCUT2D eigenvalue weighted by Crippen LogP contribution is 2.32. The summed E-state index contributed by atoms with van der Waals surface area (Å²) in [5.74, 6) is 0. The van der Waals surface area contributed by atoms with Gasteiger partial charge in [-0.05, 0) is 99.8 Å². The van der Waals surface area contributed by atoms with E-state index in [4.69, 9.17) is 37.9 Å². The van der Waals surface area contributed by atoms with Crippen molar-refractivity contribution in [3.8, 4) is 0 Å². The molecule has 66 heavy (non-hydrogen) atoms. The van der Waals surface area contributed by atoms with Gasteiger partial charge in [-0.1, -0.05) is 165 Å². The van der Waals surface area contributed by atoms with E-state index < -0.39 is 0 Å². The van der Waals surface area contributed by atoms with E-state index in [9.17, 15) is 0 Å². The lowest BCUT2D eigenvalue weighted by atomic mass is 10.0. The van der Waals surface area contributed by atoms with Gasteiger partial charge in [0, 0.05) is 22.3 Å². The van der Waals surface area contributed by atoms with Crippen LogP contribution in [0.3, 0.4) is 0 Å². The van der Waals surface area contributed by atoms with Crippen molar-refractivity contribution in [2.75, 3.05) is 26.4 Å². The van der Waals surface area contributed by atoms with E-state index in [-0.39, 0.29) is 25.2 Å². The van der Waals surface area contributed by atoms with Crippen LogP contribution in [-0.4, -0.2) is 50.8 Å². The summed E-state index contributed by atoms with van der Waals surface area (Å²) >= 11 is 0. The van der Waals surface area contributed by atoms with Crippen molar-refractivity contribution >= 4 is 0 Å². The van der Waals surface area contributed by atoms with Crippen molar-refractivity contribution in [1.29, 1.82) is 0 Å². The summed E-state index contributed by atoms with van der Waals surface area (Å²) in [7, 11) is 0. The lowest BCUT2D eigenvalue weighted by Gasteiger charge is -2.30. The maximum absolute atomic E-state index is 6.03. The molecule has 4 saturated heterocycles. The summed E-state index contributed by atoms with van der Waals surface area (Å²) < 4.78 is 46.4. The summed E-state index contributed by atoms with van der Waals surface area (Å²) in [6.45, 7) is 20.6. The quantitative estimate of drug-likeness (QED) is 0.124. The zero-order chi connectivity index (χ0) is 46.9. The standard InChI is InChI=1S/C16H24O2.C15H22O2.C14H20O2.C13H18O2/c1-3-5-6-15-11-12-17-16(18-15)14-9-7-13(4-2)8-10-14;1-3-5-14-10-11-16-15(17-14)13-8-6-12(4-2)7-9-13;1-3-11-5-7-12(8-6-11)14-15-10-9-13(4-2)16-14;1-3-11-6-4-5-7-12(11)13-14-9-8-10(2)15-13/h7-10,15-16H,3-6,11-12H2,1-2H3;6-9,14-15H,3-5,10-11H2,1-2H3;5-8,13-14H,3-4,9-10H2,1-2H3;4-7,10,13H,3,8-9H2,1-2H3. The number of hydrogen-bond donors (Lipinski definition) is 0. The Morgan fingerprint density at radius 2 is 0.833 bits per heavy atom. The Morgan fingerprint density at radius 1 is 0.409 bits per heavy atom. The molecule has 0 aliphatic carbocycles. The predicted octanol–water partition coefficient (Wildman–Crippen LogP) is 14.6. The van der Waals surface area contributed by atoms with Crippen LogP contribution in [-0.2, 0) is 63.6 Å². The zero-order valence-corrected chi connectivity index (χ0v) is 41.9. The lowest BCUT2D eigenvalue weighted by molar-refractivity contribution is -0.218. The molecule has 4 aliphatic heterocycles. The van der Waals surface area contributed by atoms with E-state index in [1.165, 1.54) is 47.1 Å². The molecule has 8 heteroatoms. The molecule has 4 fully saturated rings. The number of aryl methyl sites for hydroxylation is 4. The van der Waals surface area contributed by atoms with Crippen molar-refractivity contribution in [2.45, 2.75) is 195 Å². The van der Waals surface area contributed by atoms with Gasteiger partial charge >= 0.3 is 0 Å². The molecule has 4 aliphatic rings. The second-order valence-corrected chi connectivity index (χ2v) is 17.9. The van der Waals surface area contributed by atoms with Gasteiger partial charge in [0.25, 0.3) is 0 Å². The smallest absolute Gasteiger partial charge is 0.184 e. The van der Waals surface area contributed by atoms with Crippen LogP contribution < -0.4 is 0 Å². The van der Waals surface area contributed by atoms with Gasteiger partial charge in [-0.15, -0.1) is 0 Å².